The smallest absolute Gasteiger partial charge is 0.266 e. The van der Waals surface area contributed by atoms with Crippen LogP contribution >= 0.6 is 22.6 Å². The van der Waals surface area contributed by atoms with E-state index in [0.717, 1.165) is 14.8 Å². The largest absolute Gasteiger partial charge is 0.360 e. The lowest BCUT2D eigenvalue weighted by Crippen LogP contribution is -2.37. The maximum absolute atomic E-state index is 12.8. The molecule has 4 nitrogen and oxygen atoms in total. The maximum Gasteiger partial charge on any atom is 0.266 e. The quantitative estimate of drug-likeness (QED) is 0.404. The number of anilines is 1. The second-order valence-corrected chi connectivity index (χ2v) is 7.08. The van der Waals surface area contributed by atoms with Gasteiger partial charge in [-0.3, -0.25) is 4.79 Å². The summed E-state index contributed by atoms with van der Waals surface area (Å²) < 4.78 is 1.12. The van der Waals surface area contributed by atoms with Crippen LogP contribution in [-0.4, -0.2) is 16.8 Å². The second kappa shape index (κ2) is 9.23. The Balaban J connectivity index is 2.15. The molecule has 0 unspecified atom stereocenters. The molecule has 0 saturated heterocycles. The predicted molar refractivity (Wildman–Crippen MR) is 109 cm³/mol. The molecular formula is C20H20IN3O. The monoisotopic (exact) mass is 445 g/mol. The summed E-state index contributed by atoms with van der Waals surface area (Å²) in [7, 11) is 0. The molecule has 1 N–H and O–H groups in total. The molecule has 0 heterocycles. The van der Waals surface area contributed by atoms with Gasteiger partial charge in [-0.1, -0.05) is 30.3 Å². The van der Waals surface area contributed by atoms with Crippen molar-refractivity contribution in [1.29, 1.82) is 5.26 Å². The Morgan fingerprint density at radius 1 is 1.20 bits per heavy atom. The number of nitrogens with zero attached hydrogens (tertiary/aromatic N) is 2. The molecule has 0 fully saturated rings. The molecule has 0 aliphatic carbocycles. The van der Waals surface area contributed by atoms with E-state index in [0.29, 0.717) is 6.54 Å². The SMILES string of the molecule is CC(C)N(Cc1ccccc1)C(=O)/C(C#N)=C\Nc1ccc(I)cc1. The molecule has 0 bridgehead atoms. The van der Waals surface area contributed by atoms with Crippen LogP contribution in [0.2, 0.25) is 0 Å². The first-order valence-corrected chi connectivity index (χ1v) is 9.06. The van der Waals surface area contributed by atoms with Crippen molar-refractivity contribution < 1.29 is 4.79 Å². The van der Waals surface area contributed by atoms with Gasteiger partial charge in [0.1, 0.15) is 11.6 Å². The lowest BCUT2D eigenvalue weighted by atomic mass is 10.1. The third-order valence-electron chi connectivity index (χ3n) is 3.66. The van der Waals surface area contributed by atoms with Gasteiger partial charge in [-0.15, -0.1) is 0 Å². The minimum atomic E-state index is -0.278. The normalized spacial score (nSPS) is 11.1. The van der Waals surface area contributed by atoms with Crippen LogP contribution in [0, 0.1) is 14.9 Å². The molecule has 128 valence electrons. The van der Waals surface area contributed by atoms with Crippen LogP contribution < -0.4 is 5.32 Å². The standard InChI is InChI=1S/C20H20IN3O/c1-15(2)24(14-16-6-4-3-5-7-16)20(25)17(12-22)13-23-19-10-8-18(21)9-11-19/h3-11,13,15,23H,14H2,1-2H3/b17-13-. The number of hydrogen-bond acceptors (Lipinski definition) is 3. The molecule has 0 aromatic heterocycles. The fraction of sp³-hybridized carbons (Fsp3) is 0.200. The van der Waals surface area contributed by atoms with Gasteiger partial charge in [0.15, 0.2) is 0 Å². The molecule has 1 amide bonds. The van der Waals surface area contributed by atoms with Gasteiger partial charge in [0.05, 0.1) is 0 Å². The highest BCUT2D eigenvalue weighted by Gasteiger charge is 2.21. The number of carbonyl (C=O) groups is 1. The van der Waals surface area contributed by atoms with Gasteiger partial charge >= 0.3 is 0 Å². The van der Waals surface area contributed by atoms with Crippen molar-refractivity contribution in [2.24, 2.45) is 0 Å². The summed E-state index contributed by atoms with van der Waals surface area (Å²) in [6.45, 7) is 4.37. The molecule has 5 heteroatoms. The van der Waals surface area contributed by atoms with E-state index in [1.807, 2.05) is 74.5 Å². The lowest BCUT2D eigenvalue weighted by Gasteiger charge is -2.26. The van der Waals surface area contributed by atoms with Crippen molar-refractivity contribution in [1.82, 2.24) is 4.90 Å². The highest BCUT2D eigenvalue weighted by Crippen LogP contribution is 2.14. The summed E-state index contributed by atoms with van der Waals surface area (Å²) in [6.07, 6.45) is 1.48. The van der Waals surface area contributed by atoms with E-state index < -0.39 is 0 Å². The number of benzene rings is 2. The van der Waals surface area contributed by atoms with Crippen LogP contribution in [0.3, 0.4) is 0 Å². The van der Waals surface area contributed by atoms with Crippen molar-refractivity contribution >= 4 is 34.2 Å². The van der Waals surface area contributed by atoms with Crippen LogP contribution in [-0.2, 0) is 11.3 Å². The Morgan fingerprint density at radius 2 is 1.84 bits per heavy atom. The van der Waals surface area contributed by atoms with Gasteiger partial charge in [0, 0.05) is 28.0 Å². The van der Waals surface area contributed by atoms with Crippen molar-refractivity contribution in [2.45, 2.75) is 26.4 Å². The van der Waals surface area contributed by atoms with E-state index in [9.17, 15) is 10.1 Å². The van der Waals surface area contributed by atoms with Crippen LogP contribution in [0.4, 0.5) is 5.69 Å². The van der Waals surface area contributed by atoms with E-state index in [1.54, 1.807) is 4.90 Å². The van der Waals surface area contributed by atoms with Crippen LogP contribution in [0.15, 0.2) is 66.4 Å². The van der Waals surface area contributed by atoms with Gasteiger partial charge in [0.25, 0.3) is 5.91 Å². The molecular weight excluding hydrogens is 425 g/mol. The molecule has 2 aromatic carbocycles. The minimum absolute atomic E-state index is 0.0113. The molecule has 0 saturated carbocycles. The highest BCUT2D eigenvalue weighted by molar-refractivity contribution is 14.1. The lowest BCUT2D eigenvalue weighted by molar-refractivity contribution is -0.129. The van der Waals surface area contributed by atoms with Gasteiger partial charge in [-0.05, 0) is 66.3 Å². The Hall–Kier alpha value is -2.33. The Kier molecular flexibility index (Phi) is 7.02. The number of nitrogens with one attached hydrogen (secondary N) is 1. The zero-order chi connectivity index (χ0) is 18.2. The molecule has 2 aromatic rings. The van der Waals surface area contributed by atoms with Crippen LogP contribution in [0.1, 0.15) is 19.4 Å². The molecule has 0 spiro atoms. The minimum Gasteiger partial charge on any atom is -0.360 e. The van der Waals surface area contributed by atoms with Crippen molar-refractivity contribution in [3.63, 3.8) is 0 Å². The molecule has 0 atom stereocenters. The van der Waals surface area contributed by atoms with E-state index >= 15 is 0 Å². The number of hydrogen-bond donors (Lipinski definition) is 1. The molecule has 25 heavy (non-hydrogen) atoms. The third kappa shape index (κ3) is 5.61. The van der Waals surface area contributed by atoms with E-state index in [2.05, 4.69) is 27.9 Å². The summed E-state index contributed by atoms with van der Waals surface area (Å²) >= 11 is 2.23. The zero-order valence-electron chi connectivity index (χ0n) is 14.2. The first-order valence-electron chi connectivity index (χ1n) is 7.98. The van der Waals surface area contributed by atoms with Crippen molar-refractivity contribution in [3.05, 3.63) is 75.5 Å². The topological polar surface area (TPSA) is 56.1 Å². The summed E-state index contributed by atoms with van der Waals surface area (Å²) in [4.78, 5) is 14.5. The first-order chi connectivity index (χ1) is 12.0. The van der Waals surface area contributed by atoms with Crippen molar-refractivity contribution in [2.75, 3.05) is 5.32 Å². The van der Waals surface area contributed by atoms with Crippen LogP contribution in [0.25, 0.3) is 0 Å². The molecule has 0 radical (unpaired) electrons. The fourth-order valence-electron chi connectivity index (χ4n) is 2.27. The van der Waals surface area contributed by atoms with E-state index in [-0.39, 0.29) is 17.5 Å². The predicted octanol–water partition coefficient (Wildman–Crippen LogP) is 4.55. The highest BCUT2D eigenvalue weighted by atomic mass is 127. The third-order valence-corrected chi connectivity index (χ3v) is 4.38. The van der Waals surface area contributed by atoms with Crippen molar-refractivity contribution in [3.8, 4) is 6.07 Å². The molecule has 0 aliphatic heterocycles. The number of halogens is 1. The number of carbonyl (C=O) groups excluding carboxylic acids is 1. The Bertz CT molecular complexity index is 777. The van der Waals surface area contributed by atoms with Crippen LogP contribution in [0.5, 0.6) is 0 Å². The Morgan fingerprint density at radius 3 is 2.40 bits per heavy atom. The summed E-state index contributed by atoms with van der Waals surface area (Å²) in [5, 5.41) is 12.4. The summed E-state index contributed by atoms with van der Waals surface area (Å²) in [5.41, 5.74) is 1.95. The van der Waals surface area contributed by atoms with Gasteiger partial charge in [-0.25, -0.2) is 0 Å². The van der Waals surface area contributed by atoms with E-state index in [4.69, 9.17) is 0 Å². The first kappa shape index (κ1) is 19.0. The second-order valence-electron chi connectivity index (χ2n) is 5.83. The summed E-state index contributed by atoms with van der Waals surface area (Å²) in [5.74, 6) is -0.278. The van der Waals surface area contributed by atoms with Gasteiger partial charge in [-0.2, -0.15) is 5.26 Å². The average Bonchev–Trinajstić information content (AvgIpc) is 2.62. The number of rotatable bonds is 6. The fourth-order valence-corrected chi connectivity index (χ4v) is 2.63. The number of amides is 1. The van der Waals surface area contributed by atoms with E-state index in [1.165, 1.54) is 6.20 Å². The summed E-state index contributed by atoms with van der Waals surface area (Å²) in [6, 6.07) is 19.5. The number of nitriles is 1. The van der Waals surface area contributed by atoms with Gasteiger partial charge in [0.2, 0.25) is 0 Å². The maximum atomic E-state index is 12.8. The zero-order valence-corrected chi connectivity index (χ0v) is 16.4. The van der Waals surface area contributed by atoms with Gasteiger partial charge < -0.3 is 10.2 Å². The average molecular weight is 445 g/mol. The Labute approximate surface area is 162 Å². The molecule has 2 rings (SSSR count). The molecule has 0 aliphatic rings.